The highest BCUT2D eigenvalue weighted by Crippen LogP contribution is 2.28. The van der Waals surface area contributed by atoms with Gasteiger partial charge >= 0.3 is 5.97 Å². The topological polar surface area (TPSA) is 158 Å². The molecule has 10 nitrogen and oxygen atoms in total. The van der Waals surface area contributed by atoms with E-state index in [9.17, 15) is 9.59 Å². The third-order valence-corrected chi connectivity index (χ3v) is 6.49. The van der Waals surface area contributed by atoms with Crippen LogP contribution in [0.1, 0.15) is 47.4 Å². The number of aliphatic imine (C=N–C) groups is 1. The highest BCUT2D eigenvalue weighted by atomic mass is 16.5. The molecule has 0 aliphatic heterocycles. The van der Waals surface area contributed by atoms with Crippen molar-refractivity contribution >= 4 is 34.6 Å². The van der Waals surface area contributed by atoms with Gasteiger partial charge in [-0.1, -0.05) is 54.8 Å². The van der Waals surface area contributed by atoms with Crippen LogP contribution in [0.25, 0.3) is 10.9 Å². The molecule has 1 saturated carbocycles. The van der Waals surface area contributed by atoms with E-state index in [2.05, 4.69) is 25.6 Å². The molecule has 2 unspecified atom stereocenters. The van der Waals surface area contributed by atoms with Crippen LogP contribution in [0.2, 0.25) is 0 Å². The lowest BCUT2D eigenvalue weighted by Gasteiger charge is -2.30. The molecule has 1 fully saturated rings. The number of ether oxygens (including phenoxy) is 1. The summed E-state index contributed by atoms with van der Waals surface area (Å²) in [6, 6.07) is 14.1. The molecule has 194 valence electrons. The van der Waals surface area contributed by atoms with E-state index in [1.54, 1.807) is 0 Å². The van der Waals surface area contributed by atoms with Gasteiger partial charge in [0, 0.05) is 11.8 Å². The first-order valence-electron chi connectivity index (χ1n) is 12.4. The predicted molar refractivity (Wildman–Crippen MR) is 143 cm³/mol. The van der Waals surface area contributed by atoms with Crippen LogP contribution in [0.15, 0.2) is 53.5 Å². The van der Waals surface area contributed by atoms with Crippen LogP contribution in [0.5, 0.6) is 0 Å². The number of hydrogen-bond acceptors (Lipinski definition) is 7. The number of rotatable bonds is 8. The van der Waals surface area contributed by atoms with Crippen molar-refractivity contribution in [1.29, 1.82) is 0 Å². The molecular formula is C27H33N7O3. The van der Waals surface area contributed by atoms with Crippen molar-refractivity contribution in [2.24, 2.45) is 16.5 Å². The smallest absolute Gasteiger partial charge is 0.328 e. The number of carbonyl (C=O) groups is 2. The summed E-state index contributed by atoms with van der Waals surface area (Å²) in [6.45, 7) is 1.98. The Hall–Kier alpha value is -4.21. The summed E-state index contributed by atoms with van der Waals surface area (Å²) in [4.78, 5) is 39.3. The van der Waals surface area contributed by atoms with Gasteiger partial charge in [0.25, 0.3) is 5.91 Å². The maximum atomic E-state index is 13.3. The largest absolute Gasteiger partial charge is 0.467 e. The lowest BCUT2D eigenvalue weighted by atomic mass is 9.90. The summed E-state index contributed by atoms with van der Waals surface area (Å²) < 4.78 is 4.93. The molecule has 6 N–H and O–H groups in total. The summed E-state index contributed by atoms with van der Waals surface area (Å²) in [7, 11) is 1.29. The molecule has 1 heterocycles. The number of amides is 1. The van der Waals surface area contributed by atoms with E-state index in [1.807, 2.05) is 55.5 Å². The number of nitrogens with zero attached hydrogens (tertiary/aromatic N) is 3. The molecule has 0 saturated heterocycles. The number of nitrogens with one attached hydrogen (secondary N) is 2. The van der Waals surface area contributed by atoms with Crippen LogP contribution in [0.4, 0.5) is 5.82 Å². The Labute approximate surface area is 215 Å². The Morgan fingerprint density at radius 1 is 1.11 bits per heavy atom. The fourth-order valence-electron chi connectivity index (χ4n) is 4.66. The van der Waals surface area contributed by atoms with E-state index in [-0.39, 0.29) is 30.3 Å². The van der Waals surface area contributed by atoms with Gasteiger partial charge in [-0.05, 0) is 37.5 Å². The van der Waals surface area contributed by atoms with Gasteiger partial charge in [0.15, 0.2) is 5.96 Å². The van der Waals surface area contributed by atoms with Crippen LogP contribution >= 0.6 is 0 Å². The highest BCUT2D eigenvalue weighted by Gasteiger charge is 2.28. The lowest BCUT2D eigenvalue weighted by molar-refractivity contribution is -0.142. The zero-order valence-electron chi connectivity index (χ0n) is 21.1. The number of benzene rings is 2. The molecule has 0 bridgehead atoms. The van der Waals surface area contributed by atoms with Gasteiger partial charge in [0.05, 0.1) is 24.7 Å². The molecule has 1 aliphatic rings. The maximum absolute atomic E-state index is 13.3. The third kappa shape index (κ3) is 6.52. The van der Waals surface area contributed by atoms with Crippen LogP contribution in [-0.2, 0) is 16.0 Å². The Kier molecular flexibility index (Phi) is 8.17. The fraction of sp³-hybridized carbons (Fsp3) is 0.370. The van der Waals surface area contributed by atoms with Crippen molar-refractivity contribution in [2.45, 2.75) is 57.2 Å². The molecule has 3 aromatic rings. The van der Waals surface area contributed by atoms with Gasteiger partial charge in [0.1, 0.15) is 11.9 Å². The van der Waals surface area contributed by atoms with Crippen LogP contribution in [0.3, 0.4) is 0 Å². The van der Waals surface area contributed by atoms with Crippen molar-refractivity contribution in [1.82, 2.24) is 15.3 Å². The van der Waals surface area contributed by atoms with Crippen molar-refractivity contribution in [3.8, 4) is 0 Å². The minimum atomic E-state index is -0.891. The molecule has 37 heavy (non-hydrogen) atoms. The predicted octanol–water partition coefficient (Wildman–Crippen LogP) is 2.45. The third-order valence-electron chi connectivity index (χ3n) is 6.49. The van der Waals surface area contributed by atoms with E-state index in [0.29, 0.717) is 11.3 Å². The number of fused-ring (bicyclic) bond motifs is 1. The number of aromatic nitrogens is 2. The molecule has 1 aromatic heterocycles. The first-order chi connectivity index (χ1) is 17.8. The quantitative estimate of drug-likeness (QED) is 0.207. The molecule has 2 aromatic carbocycles. The molecular weight excluding hydrogens is 470 g/mol. The molecule has 0 radical (unpaired) electrons. The van der Waals surface area contributed by atoms with Crippen molar-refractivity contribution < 1.29 is 14.3 Å². The van der Waals surface area contributed by atoms with Crippen LogP contribution in [0, 0.1) is 6.92 Å². The lowest BCUT2D eigenvalue weighted by Crippen LogP contribution is -2.43. The minimum absolute atomic E-state index is 0.0463. The summed E-state index contributed by atoms with van der Waals surface area (Å²) in [5.41, 5.74) is 13.9. The van der Waals surface area contributed by atoms with Gasteiger partial charge < -0.3 is 26.8 Å². The maximum Gasteiger partial charge on any atom is 0.328 e. The Balaban J connectivity index is 1.65. The summed E-state index contributed by atoms with van der Waals surface area (Å²) >= 11 is 0. The molecule has 4 rings (SSSR count). The van der Waals surface area contributed by atoms with E-state index in [0.717, 1.165) is 42.2 Å². The number of carbonyl (C=O) groups excluding carboxylic acids is 2. The first kappa shape index (κ1) is 25.9. The van der Waals surface area contributed by atoms with Crippen molar-refractivity contribution in [3.63, 3.8) is 0 Å². The van der Waals surface area contributed by atoms with Gasteiger partial charge in [-0.25, -0.2) is 19.8 Å². The zero-order valence-corrected chi connectivity index (χ0v) is 21.1. The standard InChI is InChI=1S/C27H33N7O3/c1-16-12-13-19-18(14-16)23(31-20-10-6-7-11-21(20)33-27(28)29)34-24(30-19)25(35)32-22(26(36)37-2)15-17-8-4-3-5-9-17/h3-5,8-9,12-14,20-22H,6-7,10-11,15H2,1-2H3,(H,32,35)(H4,28,29,33)(H,30,31,34)/t20?,21?,22-/m0/s1. The van der Waals surface area contributed by atoms with E-state index >= 15 is 0 Å². The molecule has 0 spiro atoms. The second kappa shape index (κ2) is 11.7. The number of aryl methyl sites for hydroxylation is 1. The van der Waals surface area contributed by atoms with Crippen LogP contribution in [-0.4, -0.2) is 53.0 Å². The highest BCUT2D eigenvalue weighted by molar-refractivity contribution is 5.98. The number of guanidine groups is 1. The van der Waals surface area contributed by atoms with Crippen LogP contribution < -0.4 is 22.1 Å². The number of methoxy groups -OCH3 is 1. The number of hydrogen-bond donors (Lipinski definition) is 4. The van der Waals surface area contributed by atoms with E-state index in [4.69, 9.17) is 16.2 Å². The summed E-state index contributed by atoms with van der Waals surface area (Å²) in [5.74, 6) is -0.584. The normalized spacial score (nSPS) is 18.0. The van der Waals surface area contributed by atoms with Gasteiger partial charge in [0.2, 0.25) is 5.82 Å². The Bertz CT molecular complexity index is 1290. The monoisotopic (exact) mass is 503 g/mol. The van der Waals surface area contributed by atoms with Crippen molar-refractivity contribution in [2.75, 3.05) is 12.4 Å². The SMILES string of the molecule is COC(=O)[C@H](Cc1ccccc1)NC(=O)c1nc(NC2CCCCC2N=C(N)N)c2cc(C)ccc2n1. The molecule has 3 atom stereocenters. The Morgan fingerprint density at radius 2 is 1.86 bits per heavy atom. The second-order valence-electron chi connectivity index (χ2n) is 9.31. The van der Waals surface area contributed by atoms with Gasteiger partial charge in [-0.2, -0.15) is 0 Å². The minimum Gasteiger partial charge on any atom is -0.467 e. The summed E-state index contributed by atoms with van der Waals surface area (Å²) in [6.07, 6.45) is 4.06. The Morgan fingerprint density at radius 3 is 2.59 bits per heavy atom. The molecule has 1 amide bonds. The first-order valence-corrected chi connectivity index (χ1v) is 12.4. The van der Waals surface area contributed by atoms with E-state index < -0.39 is 17.9 Å². The number of esters is 1. The average molecular weight is 504 g/mol. The fourth-order valence-corrected chi connectivity index (χ4v) is 4.66. The molecule has 10 heteroatoms. The molecule has 1 aliphatic carbocycles. The number of anilines is 1. The van der Waals surface area contributed by atoms with Crippen molar-refractivity contribution in [3.05, 3.63) is 65.5 Å². The van der Waals surface area contributed by atoms with Gasteiger partial charge in [-0.15, -0.1) is 0 Å². The average Bonchev–Trinajstić information content (AvgIpc) is 2.89. The second-order valence-corrected chi connectivity index (χ2v) is 9.31. The zero-order chi connectivity index (χ0) is 26.4. The number of nitrogens with two attached hydrogens (primary N) is 2. The summed E-state index contributed by atoms with van der Waals surface area (Å²) in [5, 5.41) is 7.03. The van der Waals surface area contributed by atoms with Gasteiger partial charge in [-0.3, -0.25) is 4.79 Å². The van der Waals surface area contributed by atoms with E-state index in [1.165, 1.54) is 7.11 Å².